The van der Waals surface area contributed by atoms with E-state index in [1.54, 1.807) is 0 Å². The summed E-state index contributed by atoms with van der Waals surface area (Å²) in [5, 5.41) is 3.48. The van der Waals surface area contributed by atoms with Crippen molar-refractivity contribution in [3.63, 3.8) is 0 Å². The van der Waals surface area contributed by atoms with Gasteiger partial charge in [0.05, 0.1) is 19.8 Å². The second-order valence-electron chi connectivity index (χ2n) is 8.86. The number of primary amides is 1. The number of hydrogen-bond donors (Lipinski definition) is 2. The minimum absolute atomic E-state index is 0.0219. The number of ether oxygens (including phenoxy) is 1. The summed E-state index contributed by atoms with van der Waals surface area (Å²) in [7, 11) is 0. The highest BCUT2D eigenvalue weighted by Crippen LogP contribution is 2.25. The zero-order chi connectivity index (χ0) is 22.3. The van der Waals surface area contributed by atoms with E-state index >= 15 is 0 Å². The highest BCUT2D eigenvalue weighted by Gasteiger charge is 2.30. The fourth-order valence-electron chi connectivity index (χ4n) is 4.97. The molecule has 3 N–H and O–H groups in total. The van der Waals surface area contributed by atoms with Gasteiger partial charge in [-0.05, 0) is 32.3 Å². The fourth-order valence-corrected chi connectivity index (χ4v) is 4.97. The van der Waals surface area contributed by atoms with E-state index in [0.717, 1.165) is 95.6 Å². The van der Waals surface area contributed by atoms with Crippen LogP contribution in [0.3, 0.4) is 0 Å². The molecule has 0 spiro atoms. The molecule has 32 heavy (non-hydrogen) atoms. The second-order valence-corrected chi connectivity index (χ2v) is 8.86. The van der Waals surface area contributed by atoms with E-state index in [2.05, 4.69) is 38.0 Å². The zero-order valence-corrected chi connectivity index (χ0v) is 19.2. The van der Waals surface area contributed by atoms with Crippen LogP contribution in [0.2, 0.25) is 0 Å². The maximum absolute atomic E-state index is 11.5. The van der Waals surface area contributed by atoms with Gasteiger partial charge >= 0.3 is 0 Å². The number of aromatic nitrogens is 1. The van der Waals surface area contributed by atoms with Crippen molar-refractivity contribution in [1.82, 2.24) is 20.1 Å². The van der Waals surface area contributed by atoms with Gasteiger partial charge in [0.25, 0.3) is 0 Å². The Labute approximate surface area is 191 Å². The number of pyridine rings is 1. The van der Waals surface area contributed by atoms with E-state index in [1.807, 2.05) is 12.3 Å². The smallest absolute Gasteiger partial charge is 0.220 e. The lowest BCUT2D eigenvalue weighted by Crippen LogP contribution is -2.46. The molecule has 1 aromatic heterocycles. The Morgan fingerprint density at radius 2 is 2.00 bits per heavy atom. The molecule has 0 aliphatic carbocycles. The van der Waals surface area contributed by atoms with E-state index in [-0.39, 0.29) is 11.8 Å². The summed E-state index contributed by atoms with van der Waals surface area (Å²) in [5.74, 6) is 1.74. The van der Waals surface area contributed by atoms with Gasteiger partial charge in [0.15, 0.2) is 5.96 Å². The van der Waals surface area contributed by atoms with E-state index in [9.17, 15) is 4.79 Å². The summed E-state index contributed by atoms with van der Waals surface area (Å²) in [6, 6.07) is 4.65. The molecule has 3 saturated heterocycles. The SMILES string of the molecule is CCNC(=NCc1cccnc1N1CCC(C(N)=O)CC1)N1CCC(N2CCOCC2)C1. The number of morpholine rings is 1. The molecule has 1 aromatic rings. The van der Waals surface area contributed by atoms with Gasteiger partial charge in [-0.25, -0.2) is 9.98 Å². The quantitative estimate of drug-likeness (QED) is 0.492. The Balaban J connectivity index is 1.41. The number of nitrogens with two attached hydrogens (primary N) is 1. The summed E-state index contributed by atoms with van der Waals surface area (Å²) < 4.78 is 5.51. The maximum atomic E-state index is 11.5. The van der Waals surface area contributed by atoms with Crippen LogP contribution in [0.5, 0.6) is 0 Å². The van der Waals surface area contributed by atoms with Gasteiger partial charge < -0.3 is 25.6 Å². The van der Waals surface area contributed by atoms with Crippen LogP contribution in [-0.4, -0.2) is 91.7 Å². The number of likely N-dealkylation sites (tertiary alicyclic amines) is 1. The van der Waals surface area contributed by atoms with Crippen LogP contribution in [0, 0.1) is 5.92 Å². The number of nitrogens with one attached hydrogen (secondary N) is 1. The number of rotatable bonds is 6. The molecule has 4 heterocycles. The average Bonchev–Trinajstić information content (AvgIpc) is 3.33. The minimum Gasteiger partial charge on any atom is -0.379 e. The lowest BCUT2D eigenvalue weighted by Gasteiger charge is -2.32. The van der Waals surface area contributed by atoms with Crippen molar-refractivity contribution in [2.24, 2.45) is 16.6 Å². The standard InChI is InChI=1S/C23H37N7O2/c1-2-25-23(30-11-7-20(17-30)28-12-14-32-15-13-28)27-16-19-4-3-8-26-22(19)29-9-5-18(6-10-29)21(24)31/h3-4,8,18,20H,2,5-7,9-17H2,1H3,(H2,24,31)(H,25,27). The molecule has 1 amide bonds. The van der Waals surface area contributed by atoms with E-state index in [1.165, 1.54) is 0 Å². The van der Waals surface area contributed by atoms with Gasteiger partial charge in [0.2, 0.25) is 5.91 Å². The predicted molar refractivity (Wildman–Crippen MR) is 126 cm³/mol. The lowest BCUT2D eigenvalue weighted by molar-refractivity contribution is -0.122. The molecule has 0 saturated carbocycles. The molecule has 4 rings (SSSR count). The van der Waals surface area contributed by atoms with Gasteiger partial charge in [-0.1, -0.05) is 6.07 Å². The van der Waals surface area contributed by atoms with Crippen LogP contribution in [0.4, 0.5) is 5.82 Å². The van der Waals surface area contributed by atoms with E-state index in [4.69, 9.17) is 15.5 Å². The molecule has 0 radical (unpaired) electrons. The highest BCUT2D eigenvalue weighted by molar-refractivity contribution is 5.80. The van der Waals surface area contributed by atoms with Gasteiger partial charge in [-0.2, -0.15) is 0 Å². The first-order chi connectivity index (χ1) is 15.7. The summed E-state index contributed by atoms with van der Waals surface area (Å²) in [6.07, 6.45) is 4.57. The third-order valence-electron chi connectivity index (χ3n) is 6.82. The molecule has 3 aliphatic heterocycles. The number of carbonyl (C=O) groups is 1. The zero-order valence-electron chi connectivity index (χ0n) is 19.2. The molecule has 0 aromatic carbocycles. The Kier molecular flexibility index (Phi) is 7.81. The first kappa shape index (κ1) is 22.8. The van der Waals surface area contributed by atoms with Gasteiger partial charge in [0, 0.05) is 69.5 Å². The molecule has 3 fully saturated rings. The normalized spacial score (nSPS) is 23.5. The number of piperidine rings is 1. The number of amides is 1. The van der Waals surface area contributed by atoms with Crippen LogP contribution in [0.15, 0.2) is 23.3 Å². The van der Waals surface area contributed by atoms with E-state index < -0.39 is 0 Å². The molecule has 9 nitrogen and oxygen atoms in total. The molecule has 9 heteroatoms. The monoisotopic (exact) mass is 443 g/mol. The van der Waals surface area contributed by atoms with E-state index in [0.29, 0.717) is 12.6 Å². The summed E-state index contributed by atoms with van der Waals surface area (Å²) in [4.78, 5) is 28.4. The van der Waals surface area contributed by atoms with Gasteiger partial charge in [-0.3, -0.25) is 9.69 Å². The molecular weight excluding hydrogens is 406 g/mol. The number of carbonyl (C=O) groups excluding carboxylic acids is 1. The highest BCUT2D eigenvalue weighted by atomic mass is 16.5. The summed E-state index contributed by atoms with van der Waals surface area (Å²) in [5.41, 5.74) is 6.61. The van der Waals surface area contributed by atoms with Crippen LogP contribution in [-0.2, 0) is 16.1 Å². The summed E-state index contributed by atoms with van der Waals surface area (Å²) >= 11 is 0. The Hall–Kier alpha value is -2.39. The number of aliphatic imine (C=N–C) groups is 1. The Bertz CT molecular complexity index is 788. The van der Waals surface area contributed by atoms with Crippen molar-refractivity contribution in [1.29, 1.82) is 0 Å². The van der Waals surface area contributed by atoms with Crippen molar-refractivity contribution in [2.75, 3.05) is 63.9 Å². The molecule has 1 unspecified atom stereocenters. The van der Waals surface area contributed by atoms with Crippen molar-refractivity contribution in [3.05, 3.63) is 23.9 Å². The van der Waals surface area contributed by atoms with Gasteiger partial charge in [0.1, 0.15) is 5.82 Å². The first-order valence-electron chi connectivity index (χ1n) is 12.0. The van der Waals surface area contributed by atoms with Crippen molar-refractivity contribution in [2.45, 2.75) is 38.8 Å². The molecule has 176 valence electrons. The topological polar surface area (TPSA) is 99.3 Å². The largest absolute Gasteiger partial charge is 0.379 e. The third kappa shape index (κ3) is 5.50. The number of anilines is 1. The molecular formula is C23H37N7O2. The molecule has 3 aliphatic rings. The first-order valence-corrected chi connectivity index (χ1v) is 12.0. The number of hydrogen-bond acceptors (Lipinski definition) is 6. The van der Waals surface area contributed by atoms with Gasteiger partial charge in [-0.15, -0.1) is 0 Å². The van der Waals surface area contributed by atoms with Crippen LogP contribution >= 0.6 is 0 Å². The number of nitrogens with zero attached hydrogens (tertiary/aromatic N) is 5. The molecule has 0 bridgehead atoms. The lowest BCUT2D eigenvalue weighted by atomic mass is 9.96. The predicted octanol–water partition coefficient (Wildman–Crippen LogP) is 0.655. The van der Waals surface area contributed by atoms with Crippen LogP contribution in [0.25, 0.3) is 0 Å². The third-order valence-corrected chi connectivity index (χ3v) is 6.82. The van der Waals surface area contributed by atoms with Crippen molar-refractivity contribution in [3.8, 4) is 0 Å². The minimum atomic E-state index is -0.188. The average molecular weight is 444 g/mol. The maximum Gasteiger partial charge on any atom is 0.220 e. The van der Waals surface area contributed by atoms with Crippen LogP contribution < -0.4 is 16.0 Å². The fraction of sp³-hybridized carbons (Fsp3) is 0.696. The van der Waals surface area contributed by atoms with Crippen molar-refractivity contribution >= 4 is 17.7 Å². The second kappa shape index (κ2) is 11.0. The number of guanidine groups is 1. The molecule has 1 atom stereocenters. The summed E-state index contributed by atoms with van der Waals surface area (Å²) in [6.45, 7) is 10.9. The Morgan fingerprint density at radius 1 is 1.22 bits per heavy atom. The Morgan fingerprint density at radius 3 is 2.72 bits per heavy atom. The van der Waals surface area contributed by atoms with Crippen LogP contribution in [0.1, 0.15) is 31.7 Å². The van der Waals surface area contributed by atoms with Crippen molar-refractivity contribution < 1.29 is 9.53 Å².